The number of benzene rings is 2. The van der Waals surface area contributed by atoms with Crippen molar-refractivity contribution >= 4 is 29.7 Å². The number of aliphatic carboxylic acids is 1. The van der Waals surface area contributed by atoms with E-state index in [0.717, 1.165) is 19.4 Å². The van der Waals surface area contributed by atoms with E-state index in [1.165, 1.54) is 44.9 Å². The van der Waals surface area contributed by atoms with Crippen LogP contribution in [0.25, 0.3) is 12.2 Å². The van der Waals surface area contributed by atoms with E-state index < -0.39 is 12.0 Å². The van der Waals surface area contributed by atoms with Crippen LogP contribution in [0.15, 0.2) is 48.6 Å². The predicted octanol–water partition coefficient (Wildman–Crippen LogP) is 5.25. The molecule has 0 heterocycles. The van der Waals surface area contributed by atoms with Gasteiger partial charge < -0.3 is 30.1 Å². The number of aromatic hydroxyl groups is 2. The Kier molecular flexibility index (Phi) is 15.5. The molecule has 0 aromatic heterocycles. The number of nitrogens with one attached hydrogen (secondary N) is 1. The van der Waals surface area contributed by atoms with E-state index in [1.54, 1.807) is 36.4 Å². The van der Waals surface area contributed by atoms with Crippen LogP contribution in [0, 0.1) is 5.92 Å². The predicted molar refractivity (Wildman–Crippen MR) is 156 cm³/mol. The van der Waals surface area contributed by atoms with Gasteiger partial charge in [0.05, 0.1) is 20.6 Å². The van der Waals surface area contributed by atoms with E-state index in [-0.39, 0.29) is 35.4 Å². The monoisotopic (exact) mass is 555 g/mol. The average molecular weight is 556 g/mol. The van der Waals surface area contributed by atoms with Crippen molar-refractivity contribution < 1.29 is 39.2 Å². The van der Waals surface area contributed by atoms with Crippen molar-refractivity contribution in [3.8, 4) is 23.0 Å². The topological polar surface area (TPSA) is 142 Å². The Morgan fingerprint density at radius 3 is 1.70 bits per heavy atom. The molecule has 2 aromatic carbocycles. The largest absolute Gasteiger partial charge is 0.504 e. The summed E-state index contributed by atoms with van der Waals surface area (Å²) in [6.45, 7) is 6.79. The number of hydrogen-bond acceptors (Lipinski definition) is 8. The van der Waals surface area contributed by atoms with Crippen molar-refractivity contribution in [1.82, 2.24) is 5.32 Å². The van der Waals surface area contributed by atoms with Crippen molar-refractivity contribution in [2.45, 2.75) is 52.5 Å². The lowest BCUT2D eigenvalue weighted by Gasteiger charge is -2.17. The van der Waals surface area contributed by atoms with Crippen LogP contribution in [0.1, 0.15) is 57.6 Å². The molecule has 218 valence electrons. The molecule has 0 aliphatic carbocycles. The van der Waals surface area contributed by atoms with E-state index >= 15 is 0 Å². The first-order valence-electron chi connectivity index (χ1n) is 13.1. The molecule has 2 rings (SSSR count). The molecule has 0 spiro atoms. The zero-order valence-corrected chi connectivity index (χ0v) is 23.8. The average Bonchev–Trinajstić information content (AvgIpc) is 2.92. The molecule has 9 heteroatoms. The van der Waals surface area contributed by atoms with Crippen molar-refractivity contribution in [3.63, 3.8) is 0 Å². The third-order valence-electron chi connectivity index (χ3n) is 5.76. The number of rotatable bonds is 15. The Balaban J connectivity index is 0.000000520. The molecule has 0 aliphatic heterocycles. The minimum absolute atomic E-state index is 0.00662. The van der Waals surface area contributed by atoms with Gasteiger partial charge in [0.2, 0.25) is 0 Å². The molecular formula is C31H41NO8. The first-order valence-corrected chi connectivity index (χ1v) is 13.1. The number of hydrogen-bond donors (Lipinski definition) is 4. The van der Waals surface area contributed by atoms with Crippen LogP contribution in [0.5, 0.6) is 23.0 Å². The number of allylic oxidation sites excluding steroid dienone is 2. The molecule has 0 saturated carbocycles. The van der Waals surface area contributed by atoms with Crippen molar-refractivity contribution in [3.05, 3.63) is 59.7 Å². The standard InChI is InChI=1S/C21H20O6.C10H21NO2/c1-26-20-11-14(5-9-18(20)24)3-7-16(22)13-17(23)8-4-15-6-10-19(25)21(12-15)27-2;1-4-5-6-7-11-9(8(2)3)10(12)13/h3-12,24-25H,13H2,1-2H3;8-9,11H,4-7H2,1-3H3,(H,12,13)/b7-3+,8-4+;. The summed E-state index contributed by atoms with van der Waals surface area (Å²) in [6, 6.07) is 8.95. The van der Waals surface area contributed by atoms with E-state index in [9.17, 15) is 24.6 Å². The Bertz CT molecular complexity index is 1100. The highest BCUT2D eigenvalue weighted by molar-refractivity contribution is 6.10. The van der Waals surface area contributed by atoms with Crippen LogP contribution >= 0.6 is 0 Å². The minimum atomic E-state index is -0.744. The molecule has 40 heavy (non-hydrogen) atoms. The zero-order chi connectivity index (χ0) is 30.1. The van der Waals surface area contributed by atoms with Crippen LogP contribution in [0.2, 0.25) is 0 Å². The second-order valence-electron chi connectivity index (χ2n) is 9.36. The molecule has 0 bridgehead atoms. The summed E-state index contributed by atoms with van der Waals surface area (Å²) in [4.78, 5) is 34.6. The third-order valence-corrected chi connectivity index (χ3v) is 5.76. The van der Waals surface area contributed by atoms with Gasteiger partial charge in [-0.05, 0) is 66.4 Å². The normalized spacial score (nSPS) is 11.8. The number of carbonyl (C=O) groups is 3. The highest BCUT2D eigenvalue weighted by Crippen LogP contribution is 2.27. The first-order chi connectivity index (χ1) is 19.0. The second kappa shape index (κ2) is 18.2. The maximum Gasteiger partial charge on any atom is 0.320 e. The number of phenols is 2. The number of carbonyl (C=O) groups excluding carboxylic acids is 2. The molecule has 9 nitrogen and oxygen atoms in total. The highest BCUT2D eigenvalue weighted by atomic mass is 16.5. The van der Waals surface area contributed by atoms with Gasteiger partial charge in [-0.3, -0.25) is 14.4 Å². The number of ether oxygens (including phenoxy) is 2. The Morgan fingerprint density at radius 1 is 0.850 bits per heavy atom. The van der Waals surface area contributed by atoms with Crippen LogP contribution in [0.4, 0.5) is 0 Å². The van der Waals surface area contributed by atoms with E-state index in [1.807, 2.05) is 13.8 Å². The Morgan fingerprint density at radius 2 is 1.32 bits per heavy atom. The van der Waals surface area contributed by atoms with Crippen LogP contribution < -0.4 is 14.8 Å². The molecule has 0 amide bonds. The van der Waals surface area contributed by atoms with Gasteiger partial charge in [0, 0.05) is 0 Å². The van der Waals surface area contributed by atoms with Gasteiger partial charge in [-0.1, -0.05) is 57.9 Å². The molecule has 1 unspecified atom stereocenters. The van der Waals surface area contributed by atoms with Crippen LogP contribution in [-0.4, -0.2) is 59.7 Å². The van der Waals surface area contributed by atoms with Crippen LogP contribution in [0.3, 0.4) is 0 Å². The molecule has 4 N–H and O–H groups in total. The van der Waals surface area contributed by atoms with Crippen LogP contribution in [-0.2, 0) is 14.4 Å². The number of methoxy groups -OCH3 is 2. The number of unbranched alkanes of at least 4 members (excludes halogenated alkanes) is 2. The lowest BCUT2D eigenvalue weighted by Crippen LogP contribution is -2.41. The smallest absolute Gasteiger partial charge is 0.320 e. The van der Waals surface area contributed by atoms with E-state index in [2.05, 4.69) is 12.2 Å². The van der Waals surface area contributed by atoms with Gasteiger partial charge in [0.15, 0.2) is 34.6 Å². The summed E-state index contributed by atoms with van der Waals surface area (Å²) < 4.78 is 10.00. The molecular weight excluding hydrogens is 514 g/mol. The second-order valence-corrected chi connectivity index (χ2v) is 9.36. The molecule has 0 radical (unpaired) electrons. The van der Waals surface area contributed by atoms with E-state index in [0.29, 0.717) is 22.6 Å². The summed E-state index contributed by atoms with van der Waals surface area (Å²) in [6.07, 6.45) is 8.84. The first kappa shape index (κ1) is 33.9. The van der Waals surface area contributed by atoms with Gasteiger partial charge in [0.25, 0.3) is 0 Å². The fraction of sp³-hybridized carbons (Fsp3) is 0.387. The minimum Gasteiger partial charge on any atom is -0.504 e. The summed E-state index contributed by atoms with van der Waals surface area (Å²) >= 11 is 0. The van der Waals surface area contributed by atoms with E-state index in [4.69, 9.17) is 14.6 Å². The van der Waals surface area contributed by atoms with Gasteiger partial charge in [0.1, 0.15) is 6.04 Å². The van der Waals surface area contributed by atoms with Crippen molar-refractivity contribution in [2.75, 3.05) is 20.8 Å². The fourth-order valence-corrected chi connectivity index (χ4v) is 3.50. The van der Waals surface area contributed by atoms with Gasteiger partial charge in [-0.25, -0.2) is 0 Å². The molecule has 0 saturated heterocycles. The molecule has 1 atom stereocenters. The molecule has 2 aromatic rings. The Labute approximate surface area is 236 Å². The fourth-order valence-electron chi connectivity index (χ4n) is 3.50. The maximum atomic E-state index is 11.9. The number of carboxylic acids is 1. The number of phenolic OH excluding ortho intramolecular Hbond substituents is 2. The SMILES string of the molecule is CCCCCNC(C(=O)O)C(C)C.COc1cc(/C=C/C(=O)CC(=O)/C=C/c2ccc(O)c(OC)c2)ccc1O. The summed E-state index contributed by atoms with van der Waals surface area (Å²) in [5.74, 6) is -0.675. The summed E-state index contributed by atoms with van der Waals surface area (Å²) in [5, 5.41) is 31.0. The summed E-state index contributed by atoms with van der Waals surface area (Å²) in [5.41, 5.74) is 1.33. The zero-order valence-electron chi connectivity index (χ0n) is 23.8. The third kappa shape index (κ3) is 12.6. The molecule has 0 fully saturated rings. The molecule has 0 aliphatic rings. The van der Waals surface area contributed by atoms with Gasteiger partial charge >= 0.3 is 5.97 Å². The lowest BCUT2D eigenvalue weighted by molar-refractivity contribution is -0.140. The highest BCUT2D eigenvalue weighted by Gasteiger charge is 2.19. The lowest BCUT2D eigenvalue weighted by atomic mass is 10.0. The van der Waals surface area contributed by atoms with Crippen molar-refractivity contribution in [1.29, 1.82) is 0 Å². The van der Waals surface area contributed by atoms with Gasteiger partial charge in [-0.15, -0.1) is 0 Å². The van der Waals surface area contributed by atoms with Crippen molar-refractivity contribution in [2.24, 2.45) is 5.92 Å². The Hall–Kier alpha value is -4.11. The quantitative estimate of drug-likeness (QED) is 0.132. The summed E-state index contributed by atoms with van der Waals surface area (Å²) in [7, 11) is 2.87. The number of ketones is 2. The number of carboxylic acid groups (broad SMARTS) is 1. The maximum absolute atomic E-state index is 11.9. The van der Waals surface area contributed by atoms with Gasteiger partial charge in [-0.2, -0.15) is 0 Å².